The molecule has 11 heteroatoms. The van der Waals surface area contributed by atoms with Gasteiger partial charge in [-0.2, -0.15) is 0 Å². The van der Waals surface area contributed by atoms with Crippen molar-refractivity contribution >= 4 is 35.3 Å². The number of aryl methyl sites for hydroxylation is 1. The van der Waals surface area contributed by atoms with Gasteiger partial charge in [0.2, 0.25) is 0 Å². The average molecular weight is 527 g/mol. The predicted molar refractivity (Wildman–Crippen MR) is 135 cm³/mol. The molecule has 37 heavy (non-hydrogen) atoms. The molecule has 0 spiro atoms. The number of ether oxygens (including phenoxy) is 2. The van der Waals surface area contributed by atoms with E-state index >= 15 is 0 Å². The monoisotopic (exact) mass is 526 g/mol. The Bertz CT molecular complexity index is 1540. The minimum Gasteiger partial charge on any atom is -0.481 e. The van der Waals surface area contributed by atoms with Gasteiger partial charge in [0.15, 0.2) is 4.80 Å². The quantitative estimate of drug-likeness (QED) is 0.501. The van der Waals surface area contributed by atoms with Crippen LogP contribution in [0.3, 0.4) is 0 Å². The molecule has 1 atom stereocenters. The van der Waals surface area contributed by atoms with Crippen molar-refractivity contribution in [3.05, 3.63) is 90.0 Å². The van der Waals surface area contributed by atoms with Crippen LogP contribution >= 0.6 is 11.3 Å². The molecule has 0 bridgehead atoms. The second-order valence-corrected chi connectivity index (χ2v) is 8.89. The molecule has 194 valence electrons. The van der Waals surface area contributed by atoms with E-state index in [1.54, 1.807) is 50.3 Å². The normalized spacial score (nSPS) is 14.7. The summed E-state index contributed by atoms with van der Waals surface area (Å²) in [5, 5.41) is 7.42. The van der Waals surface area contributed by atoms with Gasteiger partial charge in [-0.15, -0.1) is 0 Å². The summed E-state index contributed by atoms with van der Waals surface area (Å²) in [6.07, 6.45) is 1.66. The van der Waals surface area contributed by atoms with Crippen LogP contribution in [0.2, 0.25) is 0 Å². The molecule has 0 fully saturated rings. The number of carboxylic acid groups (broad SMARTS) is 1. The number of hydrogen-bond donors (Lipinski definition) is 1. The Morgan fingerprint density at radius 1 is 1.14 bits per heavy atom. The van der Waals surface area contributed by atoms with Gasteiger partial charge in [0.1, 0.15) is 11.5 Å². The summed E-state index contributed by atoms with van der Waals surface area (Å²) < 4.78 is 17.5. The second kappa shape index (κ2) is 11.7. The van der Waals surface area contributed by atoms with E-state index in [1.165, 1.54) is 23.0 Å². The number of benzene rings is 1. The molecule has 1 unspecified atom stereocenters. The lowest BCUT2D eigenvalue weighted by atomic mass is 9.95. The van der Waals surface area contributed by atoms with Crippen molar-refractivity contribution in [3.63, 3.8) is 0 Å². The highest BCUT2D eigenvalue weighted by molar-refractivity contribution is 7.07. The molecule has 1 aliphatic rings. The Balaban J connectivity index is 0.000000886. The molecule has 10 nitrogen and oxygen atoms in total. The molecule has 3 heterocycles. The molecule has 0 radical (unpaired) electrons. The largest absolute Gasteiger partial charge is 0.481 e. The highest BCUT2D eigenvalue weighted by Gasteiger charge is 2.33. The number of allylic oxidation sites excluding steroid dienone is 1. The molecular weight excluding hydrogens is 500 g/mol. The first-order chi connectivity index (χ1) is 17.6. The zero-order valence-corrected chi connectivity index (χ0v) is 21.8. The van der Waals surface area contributed by atoms with E-state index in [0.29, 0.717) is 31.9 Å². The van der Waals surface area contributed by atoms with E-state index in [0.717, 1.165) is 12.7 Å². The predicted octanol–water partition coefficient (Wildman–Crippen LogP) is 2.58. The lowest BCUT2D eigenvalue weighted by molar-refractivity contribution is -0.139. The third-order valence-electron chi connectivity index (χ3n) is 5.20. The summed E-state index contributed by atoms with van der Waals surface area (Å²) in [6.45, 7) is 6.53. The van der Waals surface area contributed by atoms with E-state index in [1.807, 2.05) is 13.0 Å². The summed E-state index contributed by atoms with van der Waals surface area (Å²) >= 11 is 1.21. The first-order valence-corrected chi connectivity index (χ1v) is 12.0. The third kappa shape index (κ3) is 6.12. The Kier molecular flexibility index (Phi) is 8.61. The summed E-state index contributed by atoms with van der Waals surface area (Å²) in [5.74, 6) is -0.565. The lowest BCUT2D eigenvalue weighted by Crippen LogP contribution is -2.39. The number of nitrogens with zero attached hydrogens (tertiary/aromatic N) is 2. The molecule has 1 aliphatic heterocycles. The number of esters is 2. The van der Waals surface area contributed by atoms with Crippen LogP contribution in [0.15, 0.2) is 61.9 Å². The number of methoxy groups -OCH3 is 1. The van der Waals surface area contributed by atoms with Crippen molar-refractivity contribution in [2.75, 3.05) is 13.7 Å². The van der Waals surface area contributed by atoms with Crippen LogP contribution in [0.1, 0.15) is 54.3 Å². The standard InChI is InChI=1S/C24H22N2O6S.C2H4O2/c1-5-31-23(29)19-14(3)25-24-26(20(19)15-7-9-16(10-8-15)22(28)30-4)21(27)18(33-24)12-17-11-6-13(2)32-17;1-2(3)4/h6-12,20H,5H2,1-4H3;1H3,(H,3,4)/b18-12+;. The Hall–Kier alpha value is -4.25. The van der Waals surface area contributed by atoms with Crippen LogP contribution in [0.25, 0.3) is 6.08 Å². The number of aromatic nitrogens is 1. The highest BCUT2D eigenvalue weighted by Crippen LogP contribution is 2.31. The van der Waals surface area contributed by atoms with Gasteiger partial charge in [-0.05, 0) is 50.6 Å². The molecule has 3 aromatic rings. The van der Waals surface area contributed by atoms with Gasteiger partial charge in [-0.1, -0.05) is 23.5 Å². The minimum atomic E-state index is -0.833. The van der Waals surface area contributed by atoms with Gasteiger partial charge in [-0.25, -0.2) is 14.6 Å². The van der Waals surface area contributed by atoms with Crippen LogP contribution in [-0.4, -0.2) is 41.3 Å². The van der Waals surface area contributed by atoms with Gasteiger partial charge in [0, 0.05) is 13.0 Å². The van der Waals surface area contributed by atoms with Crippen molar-refractivity contribution in [2.24, 2.45) is 4.99 Å². The zero-order chi connectivity index (χ0) is 27.3. The van der Waals surface area contributed by atoms with E-state index in [-0.39, 0.29) is 17.7 Å². The molecule has 2 aromatic heterocycles. The van der Waals surface area contributed by atoms with Crippen LogP contribution in [-0.2, 0) is 19.1 Å². The number of fused-ring (bicyclic) bond motifs is 1. The molecule has 0 saturated heterocycles. The topological polar surface area (TPSA) is 137 Å². The molecule has 4 rings (SSSR count). The van der Waals surface area contributed by atoms with Crippen LogP contribution < -0.4 is 14.9 Å². The number of carbonyl (C=O) groups is 3. The second-order valence-electron chi connectivity index (χ2n) is 7.88. The van der Waals surface area contributed by atoms with Gasteiger partial charge in [-0.3, -0.25) is 14.2 Å². The Morgan fingerprint density at radius 3 is 2.32 bits per heavy atom. The van der Waals surface area contributed by atoms with Crippen LogP contribution in [0.5, 0.6) is 0 Å². The number of rotatable bonds is 5. The molecule has 1 aromatic carbocycles. The van der Waals surface area contributed by atoms with Crippen molar-refractivity contribution < 1.29 is 33.4 Å². The zero-order valence-electron chi connectivity index (χ0n) is 20.9. The lowest BCUT2D eigenvalue weighted by Gasteiger charge is -2.24. The van der Waals surface area contributed by atoms with E-state index in [4.69, 9.17) is 23.8 Å². The fraction of sp³-hybridized carbons (Fsp3) is 0.269. The smallest absolute Gasteiger partial charge is 0.338 e. The minimum absolute atomic E-state index is 0.186. The highest BCUT2D eigenvalue weighted by atomic mass is 32.1. The number of carbonyl (C=O) groups excluding carboxylic acids is 2. The third-order valence-corrected chi connectivity index (χ3v) is 6.18. The van der Waals surface area contributed by atoms with E-state index < -0.39 is 23.9 Å². The Morgan fingerprint density at radius 2 is 1.78 bits per heavy atom. The number of furan rings is 1. The SMILES string of the molecule is CC(=O)O.CCOC(=O)C1=C(C)N=c2s/c(=C/c3ccc(C)o3)c(=O)n2C1c1ccc(C(=O)OC)cc1. The van der Waals surface area contributed by atoms with Crippen molar-refractivity contribution in [1.82, 2.24) is 4.57 Å². The molecular formula is C26H26N2O8S. The van der Waals surface area contributed by atoms with Gasteiger partial charge in [0.25, 0.3) is 11.5 Å². The maximum Gasteiger partial charge on any atom is 0.338 e. The van der Waals surface area contributed by atoms with Crippen molar-refractivity contribution in [3.8, 4) is 0 Å². The summed E-state index contributed by atoms with van der Waals surface area (Å²) in [4.78, 5) is 52.2. The Labute approximate surface area is 215 Å². The maximum atomic E-state index is 13.5. The fourth-order valence-corrected chi connectivity index (χ4v) is 4.71. The first-order valence-electron chi connectivity index (χ1n) is 11.2. The average Bonchev–Trinajstić information content (AvgIpc) is 3.39. The summed E-state index contributed by atoms with van der Waals surface area (Å²) in [5.41, 5.74) is 1.44. The number of carboxylic acids is 1. The molecule has 1 N–H and O–H groups in total. The number of thiazole rings is 1. The van der Waals surface area contributed by atoms with Gasteiger partial charge < -0.3 is 19.0 Å². The van der Waals surface area contributed by atoms with Gasteiger partial charge >= 0.3 is 11.9 Å². The van der Waals surface area contributed by atoms with Crippen LogP contribution in [0.4, 0.5) is 0 Å². The maximum absolute atomic E-state index is 13.5. The number of hydrogen-bond acceptors (Lipinski definition) is 9. The van der Waals surface area contributed by atoms with Crippen molar-refractivity contribution in [1.29, 1.82) is 0 Å². The first kappa shape index (κ1) is 27.3. The molecule has 0 saturated carbocycles. The summed E-state index contributed by atoms with van der Waals surface area (Å²) in [7, 11) is 1.31. The van der Waals surface area contributed by atoms with Crippen molar-refractivity contribution in [2.45, 2.75) is 33.7 Å². The number of aliphatic carboxylic acids is 1. The fourth-order valence-electron chi connectivity index (χ4n) is 3.69. The molecule has 0 amide bonds. The van der Waals surface area contributed by atoms with Gasteiger partial charge in [0.05, 0.1) is 41.1 Å². The summed E-state index contributed by atoms with van der Waals surface area (Å²) in [6, 6.07) is 9.43. The van der Waals surface area contributed by atoms with Crippen LogP contribution in [0, 0.1) is 6.92 Å². The molecule has 0 aliphatic carbocycles. The van der Waals surface area contributed by atoms with E-state index in [9.17, 15) is 14.4 Å². The van der Waals surface area contributed by atoms with E-state index in [2.05, 4.69) is 4.99 Å².